The van der Waals surface area contributed by atoms with Crippen LogP contribution in [0.15, 0.2) is 60.7 Å². The molecule has 0 N–H and O–H groups in total. The van der Waals surface area contributed by atoms with Crippen molar-refractivity contribution in [3.8, 4) is 11.1 Å². The fraction of sp³-hybridized carbons (Fsp3) is 0.286. The molecule has 118 valence electrons. The van der Waals surface area contributed by atoms with Crippen molar-refractivity contribution in [3.63, 3.8) is 0 Å². The maximum Gasteiger partial charge on any atom is 0.334 e. The van der Waals surface area contributed by atoms with Gasteiger partial charge in [-0.2, -0.15) is 0 Å². The Morgan fingerprint density at radius 1 is 0.957 bits per heavy atom. The van der Waals surface area contributed by atoms with E-state index in [0.29, 0.717) is 5.57 Å². The number of ether oxygens (including phenoxy) is 1. The molecule has 23 heavy (non-hydrogen) atoms. The Morgan fingerprint density at radius 2 is 1.39 bits per heavy atom. The van der Waals surface area contributed by atoms with Crippen LogP contribution in [0, 0.1) is 5.41 Å². The van der Waals surface area contributed by atoms with Gasteiger partial charge in [-0.25, -0.2) is 4.79 Å². The summed E-state index contributed by atoms with van der Waals surface area (Å²) >= 11 is 0. The number of carbonyl (C=O) groups is 1. The highest BCUT2D eigenvalue weighted by Gasteiger charge is 2.54. The van der Waals surface area contributed by atoms with Crippen LogP contribution in [-0.2, 0) is 15.1 Å². The molecular formula is C21H22O2. The lowest BCUT2D eigenvalue weighted by atomic mass is 9.70. The molecule has 0 saturated carbocycles. The van der Waals surface area contributed by atoms with Crippen LogP contribution in [0.25, 0.3) is 11.1 Å². The summed E-state index contributed by atoms with van der Waals surface area (Å²) in [6.07, 6.45) is 0. The molecule has 3 rings (SSSR count). The van der Waals surface area contributed by atoms with Crippen molar-refractivity contribution in [2.24, 2.45) is 5.41 Å². The van der Waals surface area contributed by atoms with Gasteiger partial charge < -0.3 is 4.74 Å². The Hall–Kier alpha value is -2.35. The largest absolute Gasteiger partial charge is 0.445 e. The van der Waals surface area contributed by atoms with Crippen molar-refractivity contribution in [3.05, 3.63) is 71.8 Å². The third kappa shape index (κ3) is 2.13. The molecule has 0 spiro atoms. The fourth-order valence-corrected chi connectivity index (χ4v) is 3.49. The van der Waals surface area contributed by atoms with Gasteiger partial charge in [0, 0.05) is 22.1 Å². The minimum atomic E-state index is -0.809. The molecule has 0 saturated heterocycles. The second-order valence-electron chi connectivity index (χ2n) is 7.19. The first-order valence-corrected chi connectivity index (χ1v) is 7.87. The van der Waals surface area contributed by atoms with E-state index in [1.54, 1.807) is 6.92 Å². The van der Waals surface area contributed by atoms with E-state index in [-0.39, 0.29) is 11.4 Å². The summed E-state index contributed by atoms with van der Waals surface area (Å²) in [4.78, 5) is 12.4. The minimum Gasteiger partial charge on any atom is -0.445 e. The molecule has 2 aromatic carbocycles. The lowest BCUT2D eigenvalue weighted by Crippen LogP contribution is -2.44. The van der Waals surface area contributed by atoms with Crippen LogP contribution in [0.2, 0.25) is 0 Å². The number of hydrogen-bond donors (Lipinski definition) is 0. The van der Waals surface area contributed by atoms with Gasteiger partial charge in [-0.15, -0.1) is 0 Å². The first-order chi connectivity index (χ1) is 10.8. The summed E-state index contributed by atoms with van der Waals surface area (Å²) in [6, 6.07) is 16.4. The van der Waals surface area contributed by atoms with Gasteiger partial charge >= 0.3 is 5.97 Å². The Morgan fingerprint density at radius 3 is 1.78 bits per heavy atom. The Bertz CT molecular complexity index is 748. The number of hydrogen-bond acceptors (Lipinski definition) is 2. The molecule has 0 aromatic heterocycles. The van der Waals surface area contributed by atoms with E-state index in [1.165, 1.54) is 0 Å². The standard InChI is InChI=1S/C21H22O2/c1-14(2)19(22)23-21(20(3,4)5)17-12-8-6-10-15(17)16-11-7-9-13-18(16)21/h6-13H,1H2,2-5H3. The zero-order valence-electron chi connectivity index (χ0n) is 14.1. The van der Waals surface area contributed by atoms with E-state index in [0.717, 1.165) is 22.3 Å². The van der Waals surface area contributed by atoms with Gasteiger partial charge in [-0.05, 0) is 18.1 Å². The molecule has 1 aliphatic rings. The van der Waals surface area contributed by atoms with Crippen LogP contribution < -0.4 is 0 Å². The summed E-state index contributed by atoms with van der Waals surface area (Å²) in [5.41, 5.74) is 3.65. The third-order valence-electron chi connectivity index (χ3n) is 4.55. The minimum absolute atomic E-state index is 0.305. The van der Waals surface area contributed by atoms with Gasteiger partial charge in [-0.1, -0.05) is 75.9 Å². The van der Waals surface area contributed by atoms with E-state index in [9.17, 15) is 4.79 Å². The van der Waals surface area contributed by atoms with E-state index >= 15 is 0 Å². The molecule has 0 heterocycles. The van der Waals surface area contributed by atoms with Crippen LogP contribution in [0.1, 0.15) is 38.8 Å². The lowest BCUT2D eigenvalue weighted by molar-refractivity contribution is -0.162. The van der Waals surface area contributed by atoms with Crippen molar-refractivity contribution < 1.29 is 9.53 Å². The summed E-state index contributed by atoms with van der Waals surface area (Å²) in [7, 11) is 0. The van der Waals surface area contributed by atoms with Crippen molar-refractivity contribution in [1.29, 1.82) is 0 Å². The summed E-state index contributed by atoms with van der Waals surface area (Å²) in [5, 5.41) is 0. The number of benzene rings is 2. The smallest absolute Gasteiger partial charge is 0.334 e. The van der Waals surface area contributed by atoms with E-state index in [2.05, 4.69) is 51.6 Å². The molecule has 0 radical (unpaired) electrons. The second-order valence-corrected chi connectivity index (χ2v) is 7.19. The number of rotatable bonds is 2. The zero-order chi connectivity index (χ0) is 16.8. The first-order valence-electron chi connectivity index (χ1n) is 7.87. The highest BCUT2D eigenvalue weighted by molar-refractivity contribution is 5.89. The number of fused-ring (bicyclic) bond motifs is 3. The normalized spacial score (nSPS) is 14.8. The fourth-order valence-electron chi connectivity index (χ4n) is 3.49. The van der Waals surface area contributed by atoms with Crippen LogP contribution in [-0.4, -0.2) is 5.97 Å². The molecule has 0 atom stereocenters. The van der Waals surface area contributed by atoms with Gasteiger partial charge in [0.05, 0.1) is 0 Å². The zero-order valence-corrected chi connectivity index (χ0v) is 14.1. The van der Waals surface area contributed by atoms with Crippen molar-refractivity contribution in [2.45, 2.75) is 33.3 Å². The van der Waals surface area contributed by atoms with E-state index in [1.807, 2.05) is 24.3 Å². The Kier molecular flexibility index (Phi) is 3.44. The lowest BCUT2D eigenvalue weighted by Gasteiger charge is -2.42. The SMILES string of the molecule is C=C(C)C(=O)OC1(C(C)(C)C)c2ccccc2-c2ccccc21. The number of esters is 1. The van der Waals surface area contributed by atoms with Gasteiger partial charge in [-0.3, -0.25) is 0 Å². The van der Waals surface area contributed by atoms with Crippen LogP contribution in [0.3, 0.4) is 0 Å². The molecule has 0 amide bonds. The molecule has 2 heteroatoms. The molecule has 0 bridgehead atoms. The highest BCUT2D eigenvalue weighted by atomic mass is 16.6. The van der Waals surface area contributed by atoms with Crippen molar-refractivity contribution in [2.75, 3.05) is 0 Å². The third-order valence-corrected chi connectivity index (χ3v) is 4.55. The quantitative estimate of drug-likeness (QED) is 0.571. The van der Waals surface area contributed by atoms with E-state index < -0.39 is 5.60 Å². The predicted octanol–water partition coefficient (Wildman–Crippen LogP) is 5.08. The van der Waals surface area contributed by atoms with Gasteiger partial charge in [0.25, 0.3) is 0 Å². The topological polar surface area (TPSA) is 26.3 Å². The van der Waals surface area contributed by atoms with Crippen LogP contribution >= 0.6 is 0 Å². The second kappa shape index (κ2) is 5.09. The Balaban J connectivity index is 2.35. The molecule has 0 aliphatic heterocycles. The highest BCUT2D eigenvalue weighted by Crippen LogP contribution is 2.57. The Labute approximate surface area is 137 Å². The molecule has 0 fully saturated rings. The first kappa shape index (κ1) is 15.5. The average Bonchev–Trinajstić information content (AvgIpc) is 2.79. The molecular weight excluding hydrogens is 284 g/mol. The average molecular weight is 306 g/mol. The van der Waals surface area contributed by atoms with Crippen molar-refractivity contribution >= 4 is 5.97 Å². The molecule has 1 aliphatic carbocycles. The number of carbonyl (C=O) groups excluding carboxylic acids is 1. The summed E-state index contributed by atoms with van der Waals surface area (Å²) in [5.74, 6) is -0.355. The summed E-state index contributed by atoms with van der Waals surface area (Å²) in [6.45, 7) is 11.8. The maximum atomic E-state index is 12.4. The van der Waals surface area contributed by atoms with Crippen molar-refractivity contribution in [1.82, 2.24) is 0 Å². The van der Waals surface area contributed by atoms with Crippen LogP contribution in [0.5, 0.6) is 0 Å². The maximum absolute atomic E-state index is 12.4. The summed E-state index contributed by atoms with van der Waals surface area (Å²) < 4.78 is 6.14. The molecule has 0 unspecified atom stereocenters. The van der Waals surface area contributed by atoms with E-state index in [4.69, 9.17) is 4.74 Å². The molecule has 2 aromatic rings. The van der Waals surface area contributed by atoms with Gasteiger partial charge in [0.1, 0.15) is 0 Å². The van der Waals surface area contributed by atoms with Gasteiger partial charge in [0.2, 0.25) is 0 Å². The molecule has 2 nitrogen and oxygen atoms in total. The predicted molar refractivity (Wildman–Crippen MR) is 93.0 cm³/mol. The van der Waals surface area contributed by atoms with Crippen LogP contribution in [0.4, 0.5) is 0 Å². The van der Waals surface area contributed by atoms with Gasteiger partial charge in [0.15, 0.2) is 5.60 Å². The monoisotopic (exact) mass is 306 g/mol.